The summed E-state index contributed by atoms with van der Waals surface area (Å²) in [5.74, 6) is -1.59. The highest BCUT2D eigenvalue weighted by atomic mass is 32.2. The van der Waals surface area contributed by atoms with Gasteiger partial charge in [0.15, 0.2) is 0 Å². The first-order valence-corrected chi connectivity index (χ1v) is 9.47. The van der Waals surface area contributed by atoms with Gasteiger partial charge in [0, 0.05) is 6.08 Å². The lowest BCUT2D eigenvalue weighted by molar-refractivity contribution is -0.310. The van der Waals surface area contributed by atoms with Crippen molar-refractivity contribution in [3.05, 3.63) is 52.9 Å². The van der Waals surface area contributed by atoms with Crippen LogP contribution in [0.1, 0.15) is 25.5 Å². The molecule has 2 aromatic rings. The van der Waals surface area contributed by atoms with Gasteiger partial charge in [-0.05, 0) is 30.7 Å². The Hall–Kier alpha value is -2.45. The molecule has 1 amide bonds. The number of carboxylic acids is 1. The van der Waals surface area contributed by atoms with E-state index in [1.165, 1.54) is 12.1 Å². The summed E-state index contributed by atoms with van der Waals surface area (Å²) in [6, 6.07) is 8.31. The van der Waals surface area contributed by atoms with E-state index in [2.05, 4.69) is 0 Å². The fourth-order valence-electron chi connectivity index (χ4n) is 2.74. The number of thioether (sulfide) groups is 1. The van der Waals surface area contributed by atoms with Crippen LogP contribution in [0.25, 0.3) is 17.4 Å². The Morgan fingerprint density at radius 3 is 2.78 bits per heavy atom. The maximum Gasteiger partial charge on any atom is 0.266 e. The second-order valence-corrected chi connectivity index (χ2v) is 7.53. The van der Waals surface area contributed by atoms with Crippen molar-refractivity contribution in [1.29, 1.82) is 0 Å². The Balaban J connectivity index is 1.86. The van der Waals surface area contributed by atoms with E-state index in [0.717, 1.165) is 16.7 Å². The summed E-state index contributed by atoms with van der Waals surface area (Å²) >= 11 is 6.18. The number of carbonyl (C=O) groups is 2. The molecule has 0 aliphatic carbocycles. The molecule has 1 saturated heterocycles. The number of furan rings is 1. The summed E-state index contributed by atoms with van der Waals surface area (Å²) in [6.07, 6.45) is 2.29. The molecular formula is C19H15FNO4S2-. The lowest BCUT2D eigenvalue weighted by atomic mass is 10.1. The van der Waals surface area contributed by atoms with E-state index in [-0.39, 0.29) is 15.6 Å². The van der Waals surface area contributed by atoms with E-state index >= 15 is 0 Å². The number of halogens is 1. The van der Waals surface area contributed by atoms with Gasteiger partial charge in [-0.3, -0.25) is 9.69 Å². The molecule has 0 bridgehead atoms. The molecule has 5 nitrogen and oxygen atoms in total. The van der Waals surface area contributed by atoms with E-state index < -0.39 is 23.7 Å². The van der Waals surface area contributed by atoms with Gasteiger partial charge >= 0.3 is 0 Å². The van der Waals surface area contributed by atoms with E-state index in [9.17, 15) is 19.1 Å². The van der Waals surface area contributed by atoms with Crippen LogP contribution in [-0.2, 0) is 9.59 Å². The summed E-state index contributed by atoms with van der Waals surface area (Å²) in [5.41, 5.74) is 0.310. The van der Waals surface area contributed by atoms with Crippen LogP contribution < -0.4 is 5.11 Å². The highest BCUT2D eigenvalue weighted by Gasteiger charge is 2.37. The number of rotatable bonds is 6. The van der Waals surface area contributed by atoms with Gasteiger partial charge in [0.25, 0.3) is 5.91 Å². The molecule has 0 unspecified atom stereocenters. The standard InChI is InChI=1S/C19H16FNO4S2/c1-2-5-14(18(23)24)21-17(22)16(27-19(21)26)10-11-8-9-15(25-11)12-6-3-4-7-13(12)20/h3-4,6-10,14H,2,5H2,1H3,(H,23,24)/p-1/b16-10+/t14-/m0/s1. The molecule has 0 saturated carbocycles. The maximum absolute atomic E-state index is 13.9. The topological polar surface area (TPSA) is 73.6 Å². The van der Waals surface area contributed by atoms with Crippen molar-refractivity contribution in [3.63, 3.8) is 0 Å². The van der Waals surface area contributed by atoms with Crippen LogP contribution in [0.2, 0.25) is 0 Å². The first kappa shape index (κ1) is 19.3. The van der Waals surface area contributed by atoms with Crippen molar-refractivity contribution < 1.29 is 23.5 Å². The third-order valence-electron chi connectivity index (χ3n) is 4.01. The zero-order chi connectivity index (χ0) is 19.6. The van der Waals surface area contributed by atoms with E-state index in [1.807, 2.05) is 6.92 Å². The van der Waals surface area contributed by atoms with Gasteiger partial charge in [-0.25, -0.2) is 4.39 Å². The Morgan fingerprint density at radius 1 is 1.37 bits per heavy atom. The average molecular weight is 404 g/mol. The van der Waals surface area contributed by atoms with Crippen molar-refractivity contribution in [2.45, 2.75) is 25.8 Å². The Morgan fingerprint density at radius 2 is 2.11 bits per heavy atom. The second kappa shape index (κ2) is 8.06. The largest absolute Gasteiger partial charge is 0.548 e. The fourth-order valence-corrected chi connectivity index (χ4v) is 4.08. The molecule has 27 heavy (non-hydrogen) atoms. The molecule has 1 aliphatic heterocycles. The zero-order valence-electron chi connectivity index (χ0n) is 14.3. The predicted molar refractivity (Wildman–Crippen MR) is 103 cm³/mol. The Labute approximate surface area is 164 Å². The highest BCUT2D eigenvalue weighted by molar-refractivity contribution is 8.26. The monoisotopic (exact) mass is 404 g/mol. The van der Waals surface area contributed by atoms with Gasteiger partial charge in [-0.15, -0.1) is 0 Å². The quantitative estimate of drug-likeness (QED) is 0.544. The Kier molecular flexibility index (Phi) is 5.76. The third-order valence-corrected chi connectivity index (χ3v) is 5.34. The SMILES string of the molecule is CCC[C@@H](C(=O)[O-])N1C(=O)/C(=C\c2ccc(-c3ccccc3F)o2)SC1=S. The Bertz CT molecular complexity index is 937. The minimum atomic E-state index is -1.34. The molecule has 0 spiro atoms. The normalized spacial score (nSPS) is 17.0. The van der Waals surface area contributed by atoms with Crippen LogP contribution in [0.15, 0.2) is 45.7 Å². The van der Waals surface area contributed by atoms with Crippen LogP contribution >= 0.6 is 24.0 Å². The van der Waals surface area contributed by atoms with Crippen molar-refractivity contribution in [2.24, 2.45) is 0 Å². The lowest BCUT2D eigenvalue weighted by Crippen LogP contribution is -2.49. The molecule has 140 valence electrons. The molecule has 1 fully saturated rings. The number of amides is 1. The van der Waals surface area contributed by atoms with Gasteiger partial charge < -0.3 is 14.3 Å². The summed E-state index contributed by atoms with van der Waals surface area (Å²) in [5, 5.41) is 11.4. The number of hydrogen-bond acceptors (Lipinski definition) is 6. The molecule has 1 aromatic heterocycles. The number of thiocarbonyl (C=S) groups is 1. The summed E-state index contributed by atoms with van der Waals surface area (Å²) < 4.78 is 19.6. The molecule has 8 heteroatoms. The minimum absolute atomic E-state index is 0.162. The summed E-state index contributed by atoms with van der Waals surface area (Å²) in [6.45, 7) is 1.82. The van der Waals surface area contributed by atoms with Crippen LogP contribution in [-0.4, -0.2) is 27.1 Å². The van der Waals surface area contributed by atoms with Gasteiger partial charge in [0.2, 0.25) is 0 Å². The van der Waals surface area contributed by atoms with Gasteiger partial charge in [0.1, 0.15) is 21.7 Å². The number of hydrogen-bond donors (Lipinski definition) is 0. The number of benzene rings is 1. The van der Waals surface area contributed by atoms with E-state index in [0.29, 0.717) is 23.5 Å². The fraction of sp³-hybridized carbons (Fsp3) is 0.211. The van der Waals surface area contributed by atoms with Crippen molar-refractivity contribution >= 4 is 46.3 Å². The number of nitrogens with zero attached hydrogens (tertiary/aromatic N) is 1. The first-order valence-electron chi connectivity index (χ1n) is 8.25. The molecular weight excluding hydrogens is 389 g/mol. The average Bonchev–Trinajstić information content (AvgIpc) is 3.19. The van der Waals surface area contributed by atoms with E-state index in [4.69, 9.17) is 16.6 Å². The highest BCUT2D eigenvalue weighted by Crippen LogP contribution is 2.35. The van der Waals surface area contributed by atoms with Crippen molar-refractivity contribution in [2.75, 3.05) is 0 Å². The molecule has 1 aromatic carbocycles. The van der Waals surface area contributed by atoms with Gasteiger partial charge in [-0.2, -0.15) is 0 Å². The molecule has 1 aliphatic rings. The molecule has 2 heterocycles. The smallest absolute Gasteiger partial charge is 0.266 e. The summed E-state index contributed by atoms with van der Waals surface area (Å²) in [4.78, 5) is 25.3. The lowest BCUT2D eigenvalue weighted by Gasteiger charge is -2.27. The first-order chi connectivity index (χ1) is 12.9. The minimum Gasteiger partial charge on any atom is -0.548 e. The number of carbonyl (C=O) groups excluding carboxylic acids is 2. The second-order valence-electron chi connectivity index (χ2n) is 5.86. The van der Waals surface area contributed by atoms with E-state index in [1.54, 1.807) is 30.3 Å². The van der Waals surface area contributed by atoms with Gasteiger partial charge in [0.05, 0.1) is 22.5 Å². The van der Waals surface area contributed by atoms with Crippen LogP contribution in [0.3, 0.4) is 0 Å². The van der Waals surface area contributed by atoms with Crippen molar-refractivity contribution in [1.82, 2.24) is 4.90 Å². The molecule has 1 atom stereocenters. The molecule has 0 N–H and O–H groups in total. The number of carboxylic acid groups (broad SMARTS) is 1. The molecule has 3 rings (SSSR count). The summed E-state index contributed by atoms with van der Waals surface area (Å²) in [7, 11) is 0. The zero-order valence-corrected chi connectivity index (χ0v) is 15.9. The number of aliphatic carboxylic acids is 1. The van der Waals surface area contributed by atoms with Crippen LogP contribution in [0, 0.1) is 5.82 Å². The van der Waals surface area contributed by atoms with Crippen LogP contribution in [0.5, 0.6) is 0 Å². The predicted octanol–water partition coefficient (Wildman–Crippen LogP) is 3.21. The van der Waals surface area contributed by atoms with Crippen molar-refractivity contribution in [3.8, 4) is 11.3 Å². The molecule has 0 radical (unpaired) electrons. The van der Waals surface area contributed by atoms with Gasteiger partial charge in [-0.1, -0.05) is 49.5 Å². The maximum atomic E-state index is 13.9. The van der Waals surface area contributed by atoms with Crippen LogP contribution in [0.4, 0.5) is 4.39 Å². The third kappa shape index (κ3) is 3.96.